The second-order valence-electron chi connectivity index (χ2n) is 3.50. The molecule has 0 bridgehead atoms. The molecule has 2 nitrogen and oxygen atoms in total. The van der Waals surface area contributed by atoms with Crippen LogP contribution in [0, 0.1) is 5.82 Å². The van der Waals surface area contributed by atoms with E-state index >= 15 is 0 Å². The molecule has 0 fully saturated rings. The number of thioether (sulfide) groups is 1. The highest BCUT2D eigenvalue weighted by molar-refractivity contribution is 9.10. The second-order valence-corrected chi connectivity index (χ2v) is 5.74. The van der Waals surface area contributed by atoms with E-state index in [1.807, 2.05) is 17.8 Å². The van der Waals surface area contributed by atoms with Crippen LogP contribution in [0.2, 0.25) is 0 Å². The molecule has 90 valence electrons. The summed E-state index contributed by atoms with van der Waals surface area (Å²) in [6.07, 6.45) is 0.736. The SMILES string of the molecule is CCSCC(Cc1cc(F)cc(Br)c1)NN. The zero-order valence-corrected chi connectivity index (χ0v) is 11.6. The Morgan fingerprint density at radius 1 is 1.50 bits per heavy atom. The van der Waals surface area contributed by atoms with Crippen molar-refractivity contribution in [3.8, 4) is 0 Å². The molecule has 0 aliphatic carbocycles. The summed E-state index contributed by atoms with van der Waals surface area (Å²) in [5.41, 5.74) is 3.72. The lowest BCUT2D eigenvalue weighted by atomic mass is 10.1. The number of benzene rings is 1. The molecule has 0 heterocycles. The van der Waals surface area contributed by atoms with Crippen LogP contribution in [0.15, 0.2) is 22.7 Å². The summed E-state index contributed by atoms with van der Waals surface area (Å²) < 4.78 is 13.9. The smallest absolute Gasteiger partial charge is 0.124 e. The number of nitrogens with one attached hydrogen (secondary N) is 1. The Bertz CT molecular complexity index is 316. The molecule has 0 spiro atoms. The van der Waals surface area contributed by atoms with Crippen molar-refractivity contribution in [2.75, 3.05) is 11.5 Å². The maximum atomic E-state index is 13.1. The quantitative estimate of drug-likeness (QED) is 0.627. The molecule has 1 unspecified atom stereocenters. The molecule has 1 rings (SSSR count). The highest BCUT2D eigenvalue weighted by Gasteiger charge is 2.08. The highest BCUT2D eigenvalue weighted by atomic mass is 79.9. The van der Waals surface area contributed by atoms with E-state index in [1.165, 1.54) is 6.07 Å². The third-order valence-corrected chi connectivity index (χ3v) is 3.67. The molecule has 1 aromatic carbocycles. The third-order valence-electron chi connectivity index (χ3n) is 2.16. The van der Waals surface area contributed by atoms with E-state index in [9.17, 15) is 4.39 Å². The fourth-order valence-corrected chi connectivity index (χ4v) is 2.69. The van der Waals surface area contributed by atoms with Crippen molar-refractivity contribution in [1.29, 1.82) is 0 Å². The van der Waals surface area contributed by atoms with Gasteiger partial charge in [-0.1, -0.05) is 22.9 Å². The minimum atomic E-state index is -0.219. The van der Waals surface area contributed by atoms with E-state index in [-0.39, 0.29) is 11.9 Å². The Labute approximate surface area is 108 Å². The van der Waals surface area contributed by atoms with Gasteiger partial charge in [0.15, 0.2) is 0 Å². The zero-order valence-electron chi connectivity index (χ0n) is 9.17. The first-order valence-electron chi connectivity index (χ1n) is 5.14. The van der Waals surface area contributed by atoms with E-state index < -0.39 is 0 Å². The maximum Gasteiger partial charge on any atom is 0.124 e. The first-order valence-corrected chi connectivity index (χ1v) is 7.09. The van der Waals surface area contributed by atoms with Gasteiger partial charge in [0.05, 0.1) is 0 Å². The Kier molecular flexibility index (Phi) is 6.34. The van der Waals surface area contributed by atoms with Gasteiger partial charge in [0.25, 0.3) is 0 Å². The maximum absolute atomic E-state index is 13.1. The summed E-state index contributed by atoms with van der Waals surface area (Å²) in [7, 11) is 0. The normalized spacial score (nSPS) is 12.8. The van der Waals surface area contributed by atoms with Crippen LogP contribution in [0.4, 0.5) is 4.39 Å². The Balaban J connectivity index is 2.62. The van der Waals surface area contributed by atoms with Crippen LogP contribution in [-0.2, 0) is 6.42 Å². The van der Waals surface area contributed by atoms with Gasteiger partial charge >= 0.3 is 0 Å². The molecule has 3 N–H and O–H groups in total. The molecule has 0 saturated carbocycles. The molecular weight excluding hydrogens is 291 g/mol. The summed E-state index contributed by atoms with van der Waals surface area (Å²) in [5.74, 6) is 7.24. The molecule has 0 aromatic heterocycles. The van der Waals surface area contributed by atoms with Crippen LogP contribution < -0.4 is 11.3 Å². The van der Waals surface area contributed by atoms with E-state index in [0.717, 1.165) is 28.0 Å². The van der Waals surface area contributed by atoms with Crippen LogP contribution in [0.1, 0.15) is 12.5 Å². The van der Waals surface area contributed by atoms with Crippen LogP contribution in [0.25, 0.3) is 0 Å². The zero-order chi connectivity index (χ0) is 12.0. The summed E-state index contributed by atoms with van der Waals surface area (Å²) >= 11 is 5.10. The van der Waals surface area contributed by atoms with Gasteiger partial charge in [0.2, 0.25) is 0 Å². The lowest BCUT2D eigenvalue weighted by molar-refractivity contribution is 0.570. The van der Waals surface area contributed by atoms with Gasteiger partial charge in [0.1, 0.15) is 5.82 Å². The number of rotatable bonds is 6. The molecule has 0 saturated heterocycles. The number of hydrogen-bond acceptors (Lipinski definition) is 3. The summed E-state index contributed by atoms with van der Waals surface area (Å²) in [6.45, 7) is 2.11. The van der Waals surface area contributed by atoms with Crippen molar-refractivity contribution in [2.24, 2.45) is 5.84 Å². The molecule has 5 heteroatoms. The Morgan fingerprint density at radius 3 is 2.81 bits per heavy atom. The van der Waals surface area contributed by atoms with Crippen LogP contribution in [-0.4, -0.2) is 17.5 Å². The summed E-state index contributed by atoms with van der Waals surface area (Å²) in [5, 5.41) is 0. The van der Waals surface area contributed by atoms with Gasteiger partial charge in [0, 0.05) is 16.3 Å². The van der Waals surface area contributed by atoms with Gasteiger partial charge in [-0.2, -0.15) is 11.8 Å². The van der Waals surface area contributed by atoms with Crippen molar-refractivity contribution in [3.05, 3.63) is 34.1 Å². The van der Waals surface area contributed by atoms with Gasteiger partial charge < -0.3 is 0 Å². The molecule has 0 aliphatic heterocycles. The minimum Gasteiger partial charge on any atom is -0.271 e. The summed E-state index contributed by atoms with van der Waals surface area (Å²) in [6, 6.07) is 5.10. The second kappa shape index (κ2) is 7.27. The fourth-order valence-electron chi connectivity index (χ4n) is 1.44. The number of hydrazine groups is 1. The molecule has 16 heavy (non-hydrogen) atoms. The van der Waals surface area contributed by atoms with E-state index in [1.54, 1.807) is 6.07 Å². The van der Waals surface area contributed by atoms with Crippen molar-refractivity contribution < 1.29 is 4.39 Å². The van der Waals surface area contributed by atoms with Crippen molar-refractivity contribution in [3.63, 3.8) is 0 Å². The van der Waals surface area contributed by atoms with Gasteiger partial charge in [-0.3, -0.25) is 11.3 Å². The molecular formula is C11H16BrFN2S. The number of halogens is 2. The van der Waals surface area contributed by atoms with E-state index in [0.29, 0.717) is 0 Å². The molecule has 1 aromatic rings. The molecule has 0 radical (unpaired) electrons. The first-order chi connectivity index (χ1) is 7.65. The van der Waals surface area contributed by atoms with E-state index in [2.05, 4.69) is 28.3 Å². The lowest BCUT2D eigenvalue weighted by Gasteiger charge is -2.15. The first kappa shape index (κ1) is 14.0. The minimum absolute atomic E-state index is 0.179. The Hall–Kier alpha value is -0.100. The predicted octanol–water partition coefficient (Wildman–Crippen LogP) is 2.72. The van der Waals surface area contributed by atoms with Crippen molar-refractivity contribution >= 4 is 27.7 Å². The standard InChI is InChI=1S/C11H16BrFN2S/c1-2-16-7-11(15-14)5-8-3-9(12)6-10(13)4-8/h3-4,6,11,15H,2,5,7,14H2,1H3. The lowest BCUT2D eigenvalue weighted by Crippen LogP contribution is -2.38. The van der Waals surface area contributed by atoms with Crippen LogP contribution in [0.5, 0.6) is 0 Å². The molecule has 0 amide bonds. The van der Waals surface area contributed by atoms with E-state index in [4.69, 9.17) is 5.84 Å². The third kappa shape index (κ3) is 4.82. The van der Waals surface area contributed by atoms with Crippen molar-refractivity contribution in [2.45, 2.75) is 19.4 Å². The average molecular weight is 307 g/mol. The molecule has 0 aliphatic rings. The largest absolute Gasteiger partial charge is 0.271 e. The number of hydrogen-bond donors (Lipinski definition) is 2. The average Bonchev–Trinajstić information content (AvgIpc) is 2.22. The van der Waals surface area contributed by atoms with Gasteiger partial charge in [-0.05, 0) is 35.9 Å². The van der Waals surface area contributed by atoms with Gasteiger partial charge in [-0.25, -0.2) is 4.39 Å². The predicted molar refractivity (Wildman–Crippen MR) is 71.9 cm³/mol. The summed E-state index contributed by atoms with van der Waals surface area (Å²) in [4.78, 5) is 0. The van der Waals surface area contributed by atoms with Crippen molar-refractivity contribution in [1.82, 2.24) is 5.43 Å². The topological polar surface area (TPSA) is 38.0 Å². The van der Waals surface area contributed by atoms with Crippen LogP contribution in [0.3, 0.4) is 0 Å². The monoisotopic (exact) mass is 306 g/mol. The fraction of sp³-hybridized carbons (Fsp3) is 0.455. The molecule has 1 atom stereocenters. The van der Waals surface area contributed by atoms with Gasteiger partial charge in [-0.15, -0.1) is 0 Å². The number of nitrogens with two attached hydrogens (primary N) is 1. The van der Waals surface area contributed by atoms with Crippen LogP contribution >= 0.6 is 27.7 Å². The Morgan fingerprint density at radius 2 is 2.25 bits per heavy atom. The highest BCUT2D eigenvalue weighted by Crippen LogP contribution is 2.17.